The average Bonchev–Trinajstić information content (AvgIpc) is 3.03. The summed E-state index contributed by atoms with van der Waals surface area (Å²) in [4.78, 5) is 0. The monoisotopic (exact) mass is 482 g/mol. The lowest BCUT2D eigenvalue weighted by Crippen LogP contribution is -2.37. The Hall–Kier alpha value is -1.39. The van der Waals surface area contributed by atoms with E-state index in [0.29, 0.717) is 25.1 Å². The van der Waals surface area contributed by atoms with Crippen molar-refractivity contribution >= 4 is 24.8 Å². The van der Waals surface area contributed by atoms with Crippen LogP contribution < -0.4 is 10.6 Å². The summed E-state index contributed by atoms with van der Waals surface area (Å²) < 4.78 is 38.0. The molecule has 5 N–H and O–H groups in total. The van der Waals surface area contributed by atoms with Crippen molar-refractivity contribution in [2.45, 2.75) is 36.9 Å². The molecule has 2 aromatic rings. The number of alkyl halides is 3. The van der Waals surface area contributed by atoms with E-state index in [9.17, 15) is 28.5 Å². The normalized spacial score (nSPS) is 21.8. The van der Waals surface area contributed by atoms with E-state index in [0.717, 1.165) is 23.3 Å². The molecule has 1 aliphatic rings. The Morgan fingerprint density at radius 3 is 1.97 bits per heavy atom. The number of rotatable bonds is 7. The van der Waals surface area contributed by atoms with Gasteiger partial charge >= 0.3 is 6.18 Å². The molecule has 5 nitrogen and oxygen atoms in total. The zero-order valence-electron chi connectivity index (χ0n) is 16.5. The van der Waals surface area contributed by atoms with Crippen molar-refractivity contribution in [1.82, 2.24) is 10.6 Å². The number of halogens is 5. The summed E-state index contributed by atoms with van der Waals surface area (Å²) in [7, 11) is 0. The molecule has 2 aromatic carbocycles. The second-order valence-electron chi connectivity index (χ2n) is 7.25. The molecule has 3 rings (SSSR count). The van der Waals surface area contributed by atoms with E-state index in [1.807, 2.05) is 12.1 Å². The number of β-amino-alcohol motifs (C(OH)–C–C–N with tert-alkyl or cyclic N) is 1. The second-order valence-corrected chi connectivity index (χ2v) is 7.25. The van der Waals surface area contributed by atoms with Crippen LogP contribution in [0.2, 0.25) is 0 Å². The van der Waals surface area contributed by atoms with Crippen molar-refractivity contribution in [3.63, 3.8) is 0 Å². The number of benzene rings is 2. The van der Waals surface area contributed by atoms with E-state index in [1.165, 1.54) is 12.1 Å². The molecular formula is C21H27Cl2F3N2O3. The van der Waals surface area contributed by atoms with Crippen LogP contribution in [-0.4, -0.2) is 53.3 Å². The van der Waals surface area contributed by atoms with Gasteiger partial charge in [-0.1, -0.05) is 36.4 Å². The van der Waals surface area contributed by atoms with Crippen molar-refractivity contribution in [3.8, 4) is 11.1 Å². The Labute approximate surface area is 191 Å². The molecule has 0 spiro atoms. The SMILES string of the molecule is Cl.Cl.OC[C@H](NCC[C@@H]1NC[C@H](O)[C@@H]1O)c1ccc(-c2ccc(C(F)(F)F)cc2)cc1. The summed E-state index contributed by atoms with van der Waals surface area (Å²) >= 11 is 0. The van der Waals surface area contributed by atoms with Crippen molar-refractivity contribution in [2.75, 3.05) is 19.7 Å². The molecule has 4 atom stereocenters. The maximum atomic E-state index is 12.7. The number of aliphatic hydroxyl groups excluding tert-OH is 3. The minimum absolute atomic E-state index is 0. The van der Waals surface area contributed by atoms with Crippen LogP contribution in [-0.2, 0) is 6.18 Å². The quantitative estimate of drug-likeness (QED) is 0.419. The van der Waals surface area contributed by atoms with Gasteiger partial charge in [-0.25, -0.2) is 0 Å². The fourth-order valence-corrected chi connectivity index (χ4v) is 3.52. The average molecular weight is 483 g/mol. The lowest BCUT2D eigenvalue weighted by molar-refractivity contribution is -0.137. The largest absolute Gasteiger partial charge is 0.416 e. The first-order valence-corrected chi connectivity index (χ1v) is 9.51. The molecule has 0 saturated carbocycles. The van der Waals surface area contributed by atoms with E-state index in [2.05, 4.69) is 10.6 Å². The topological polar surface area (TPSA) is 84.8 Å². The van der Waals surface area contributed by atoms with E-state index < -0.39 is 23.9 Å². The number of nitrogens with one attached hydrogen (secondary N) is 2. The Morgan fingerprint density at radius 2 is 1.52 bits per heavy atom. The molecular weight excluding hydrogens is 456 g/mol. The van der Waals surface area contributed by atoms with Gasteiger partial charge in [0.2, 0.25) is 0 Å². The van der Waals surface area contributed by atoms with E-state index in [1.54, 1.807) is 12.1 Å². The number of hydrogen-bond acceptors (Lipinski definition) is 5. The minimum atomic E-state index is -4.36. The number of hydrogen-bond donors (Lipinski definition) is 5. The Morgan fingerprint density at radius 1 is 0.968 bits per heavy atom. The first kappa shape index (κ1) is 27.6. The smallest absolute Gasteiger partial charge is 0.394 e. The van der Waals surface area contributed by atoms with E-state index in [-0.39, 0.29) is 43.5 Å². The molecule has 0 radical (unpaired) electrons. The molecule has 1 saturated heterocycles. The molecule has 0 amide bonds. The lowest BCUT2D eigenvalue weighted by Gasteiger charge is -2.20. The highest BCUT2D eigenvalue weighted by atomic mass is 35.5. The van der Waals surface area contributed by atoms with Gasteiger partial charge in [0.15, 0.2) is 0 Å². The van der Waals surface area contributed by atoms with Gasteiger partial charge in [0.1, 0.15) is 0 Å². The molecule has 0 aliphatic carbocycles. The molecule has 0 bridgehead atoms. The molecule has 174 valence electrons. The summed E-state index contributed by atoms with van der Waals surface area (Å²) in [6, 6.07) is 11.8. The van der Waals surface area contributed by atoms with Crippen molar-refractivity contribution in [2.24, 2.45) is 0 Å². The summed E-state index contributed by atoms with van der Waals surface area (Å²) in [5, 5.41) is 35.4. The predicted molar refractivity (Wildman–Crippen MR) is 118 cm³/mol. The van der Waals surface area contributed by atoms with E-state index in [4.69, 9.17) is 0 Å². The summed E-state index contributed by atoms with van der Waals surface area (Å²) in [5.74, 6) is 0. The van der Waals surface area contributed by atoms with Crippen molar-refractivity contribution < 1.29 is 28.5 Å². The molecule has 1 aliphatic heterocycles. The standard InChI is InChI=1S/C21H25F3N2O3.2ClH/c22-21(23,24)16-7-5-14(6-8-16)13-1-3-15(4-2-13)18(12-27)25-10-9-17-20(29)19(28)11-26-17;;/h1-8,17-20,25-29H,9-12H2;2*1H/t17-,18-,19-,20+;;/m0../s1. The van der Waals surface area contributed by atoms with Gasteiger partial charge < -0.3 is 26.0 Å². The van der Waals surface area contributed by atoms with Crippen LogP contribution >= 0.6 is 24.8 Å². The molecule has 0 unspecified atom stereocenters. The molecule has 1 fully saturated rings. The maximum Gasteiger partial charge on any atom is 0.416 e. The highest BCUT2D eigenvalue weighted by Gasteiger charge is 2.32. The summed E-state index contributed by atoms with van der Waals surface area (Å²) in [6.45, 7) is 0.775. The first-order chi connectivity index (χ1) is 13.8. The van der Waals surface area contributed by atoms with Crippen LogP contribution in [0.5, 0.6) is 0 Å². The molecule has 31 heavy (non-hydrogen) atoms. The van der Waals surface area contributed by atoms with Crippen LogP contribution in [0.3, 0.4) is 0 Å². The van der Waals surface area contributed by atoms with Gasteiger partial charge in [-0.05, 0) is 41.8 Å². The zero-order valence-corrected chi connectivity index (χ0v) is 18.2. The fraction of sp³-hybridized carbons (Fsp3) is 0.429. The van der Waals surface area contributed by atoms with Crippen LogP contribution in [0.15, 0.2) is 48.5 Å². The third-order valence-electron chi connectivity index (χ3n) is 5.28. The zero-order chi connectivity index (χ0) is 21.0. The van der Waals surface area contributed by atoms with E-state index >= 15 is 0 Å². The van der Waals surface area contributed by atoms with Crippen LogP contribution in [0.4, 0.5) is 13.2 Å². The molecule has 10 heteroatoms. The summed E-state index contributed by atoms with van der Waals surface area (Å²) in [5.41, 5.74) is 1.63. The highest BCUT2D eigenvalue weighted by molar-refractivity contribution is 5.85. The van der Waals surface area contributed by atoms with Gasteiger partial charge in [-0.3, -0.25) is 0 Å². The minimum Gasteiger partial charge on any atom is -0.394 e. The second kappa shape index (κ2) is 12.0. The van der Waals surface area contributed by atoms with Gasteiger partial charge in [0.25, 0.3) is 0 Å². The third kappa shape index (κ3) is 7.05. The Balaban J connectivity index is 0.00000240. The highest BCUT2D eigenvalue weighted by Crippen LogP contribution is 2.31. The van der Waals surface area contributed by atoms with Crippen LogP contribution in [0.25, 0.3) is 11.1 Å². The Kier molecular flexibility index (Phi) is 10.7. The van der Waals surface area contributed by atoms with Crippen molar-refractivity contribution in [1.29, 1.82) is 0 Å². The molecule has 0 aromatic heterocycles. The van der Waals surface area contributed by atoms with Crippen molar-refractivity contribution in [3.05, 3.63) is 59.7 Å². The van der Waals surface area contributed by atoms with Crippen LogP contribution in [0, 0.1) is 0 Å². The number of aliphatic hydroxyl groups is 3. The Bertz CT molecular complexity index is 792. The lowest BCUT2D eigenvalue weighted by atomic mass is 9.99. The van der Waals surface area contributed by atoms with Gasteiger partial charge in [0.05, 0.1) is 30.4 Å². The van der Waals surface area contributed by atoms with Crippen LogP contribution in [0.1, 0.15) is 23.6 Å². The maximum absolute atomic E-state index is 12.7. The fourth-order valence-electron chi connectivity index (χ4n) is 3.52. The van der Waals surface area contributed by atoms with Gasteiger partial charge in [-0.15, -0.1) is 24.8 Å². The first-order valence-electron chi connectivity index (χ1n) is 9.51. The molecule has 1 heterocycles. The summed E-state index contributed by atoms with van der Waals surface area (Å²) in [6.07, 6.45) is -5.32. The predicted octanol–water partition coefficient (Wildman–Crippen LogP) is 2.92. The third-order valence-corrected chi connectivity index (χ3v) is 5.28. The van der Waals surface area contributed by atoms with Gasteiger partial charge in [-0.2, -0.15) is 13.2 Å². The van der Waals surface area contributed by atoms with Gasteiger partial charge in [0, 0.05) is 12.6 Å².